The summed E-state index contributed by atoms with van der Waals surface area (Å²) in [5.41, 5.74) is 0.579. The van der Waals surface area contributed by atoms with Crippen molar-refractivity contribution in [3.8, 4) is 0 Å². The standard InChI is InChI=1S/C17H24O3/c1-4-5-11-15(17(19)20-12-13(2)3)16(18)14-9-7-6-8-10-14/h6-10,13,15H,4-5,11-12H2,1-3H3. The SMILES string of the molecule is CCCCC(C(=O)OCC(C)C)C(=O)c1ccccc1. The maximum Gasteiger partial charge on any atom is 0.316 e. The first-order chi connectivity index (χ1) is 9.56. The fourth-order valence-electron chi connectivity index (χ4n) is 1.92. The molecule has 3 nitrogen and oxygen atoms in total. The molecular formula is C17H24O3. The molecule has 110 valence electrons. The van der Waals surface area contributed by atoms with E-state index in [9.17, 15) is 9.59 Å². The number of hydrogen-bond donors (Lipinski definition) is 0. The smallest absolute Gasteiger partial charge is 0.316 e. The summed E-state index contributed by atoms with van der Waals surface area (Å²) in [5.74, 6) is -0.914. The molecule has 0 heterocycles. The highest BCUT2D eigenvalue weighted by molar-refractivity contribution is 6.08. The number of unbranched alkanes of at least 4 members (excludes halogenated alkanes) is 1. The van der Waals surface area contributed by atoms with Gasteiger partial charge in [0.1, 0.15) is 5.92 Å². The van der Waals surface area contributed by atoms with Gasteiger partial charge < -0.3 is 4.74 Å². The van der Waals surface area contributed by atoms with Crippen LogP contribution in [0.5, 0.6) is 0 Å². The van der Waals surface area contributed by atoms with Crippen LogP contribution in [0.4, 0.5) is 0 Å². The summed E-state index contributed by atoms with van der Waals surface area (Å²) >= 11 is 0. The van der Waals surface area contributed by atoms with Gasteiger partial charge in [0, 0.05) is 5.56 Å². The second-order valence-corrected chi connectivity index (χ2v) is 5.45. The molecule has 3 heteroatoms. The molecule has 0 saturated heterocycles. The average Bonchev–Trinajstić information content (AvgIpc) is 2.46. The Morgan fingerprint density at radius 2 is 1.80 bits per heavy atom. The summed E-state index contributed by atoms with van der Waals surface area (Å²) in [4.78, 5) is 24.6. The van der Waals surface area contributed by atoms with Gasteiger partial charge in [0.2, 0.25) is 0 Å². The minimum Gasteiger partial charge on any atom is -0.465 e. The Kier molecular flexibility index (Phi) is 6.99. The molecule has 0 aliphatic heterocycles. The fourth-order valence-corrected chi connectivity index (χ4v) is 1.92. The third-order valence-electron chi connectivity index (χ3n) is 3.06. The summed E-state index contributed by atoms with van der Waals surface area (Å²) < 4.78 is 5.25. The quantitative estimate of drug-likeness (QED) is 0.411. The lowest BCUT2D eigenvalue weighted by Crippen LogP contribution is -2.27. The van der Waals surface area contributed by atoms with E-state index in [-0.39, 0.29) is 17.7 Å². The Bertz CT molecular complexity index is 423. The van der Waals surface area contributed by atoms with E-state index in [0.29, 0.717) is 18.6 Å². The van der Waals surface area contributed by atoms with Crippen LogP contribution in [0, 0.1) is 11.8 Å². The van der Waals surface area contributed by atoms with Crippen molar-refractivity contribution in [2.75, 3.05) is 6.61 Å². The molecule has 20 heavy (non-hydrogen) atoms. The Balaban J connectivity index is 2.77. The summed E-state index contributed by atoms with van der Waals surface area (Å²) in [6.45, 7) is 6.37. The highest BCUT2D eigenvalue weighted by atomic mass is 16.5. The van der Waals surface area contributed by atoms with Crippen LogP contribution in [0.15, 0.2) is 30.3 Å². The minimum absolute atomic E-state index is 0.132. The maximum absolute atomic E-state index is 12.4. The summed E-state index contributed by atoms with van der Waals surface area (Å²) in [6, 6.07) is 8.97. The fraction of sp³-hybridized carbons (Fsp3) is 0.529. The number of carbonyl (C=O) groups is 2. The number of rotatable bonds is 8. The zero-order chi connectivity index (χ0) is 15.0. The van der Waals surface area contributed by atoms with Crippen molar-refractivity contribution in [2.45, 2.75) is 40.0 Å². The van der Waals surface area contributed by atoms with Crippen molar-refractivity contribution in [3.05, 3.63) is 35.9 Å². The zero-order valence-corrected chi connectivity index (χ0v) is 12.6. The van der Waals surface area contributed by atoms with Crippen LogP contribution in [0.1, 0.15) is 50.4 Å². The van der Waals surface area contributed by atoms with Crippen LogP contribution in [0.25, 0.3) is 0 Å². The predicted molar refractivity (Wildman–Crippen MR) is 79.6 cm³/mol. The van der Waals surface area contributed by atoms with Gasteiger partial charge in [-0.15, -0.1) is 0 Å². The molecule has 0 aromatic heterocycles. The van der Waals surface area contributed by atoms with E-state index >= 15 is 0 Å². The number of hydrogen-bond acceptors (Lipinski definition) is 3. The van der Waals surface area contributed by atoms with Crippen LogP contribution in [-0.2, 0) is 9.53 Å². The van der Waals surface area contributed by atoms with E-state index in [1.54, 1.807) is 12.1 Å². The minimum atomic E-state index is -0.670. The molecular weight excluding hydrogens is 252 g/mol. The van der Waals surface area contributed by atoms with Gasteiger partial charge in [-0.05, 0) is 12.3 Å². The number of ether oxygens (including phenoxy) is 1. The Morgan fingerprint density at radius 1 is 1.15 bits per heavy atom. The second kappa shape index (κ2) is 8.51. The van der Waals surface area contributed by atoms with Crippen LogP contribution < -0.4 is 0 Å². The van der Waals surface area contributed by atoms with Gasteiger partial charge in [-0.2, -0.15) is 0 Å². The van der Waals surface area contributed by atoms with E-state index < -0.39 is 5.92 Å². The molecule has 1 aromatic carbocycles. The lowest BCUT2D eigenvalue weighted by Gasteiger charge is -2.16. The molecule has 0 saturated carbocycles. The summed E-state index contributed by atoms with van der Waals surface area (Å²) in [6.07, 6.45) is 2.36. The molecule has 0 aliphatic carbocycles. The molecule has 0 amide bonds. The van der Waals surface area contributed by atoms with Crippen LogP contribution in [0.2, 0.25) is 0 Å². The van der Waals surface area contributed by atoms with E-state index in [1.807, 2.05) is 39.0 Å². The van der Waals surface area contributed by atoms with Crippen LogP contribution >= 0.6 is 0 Å². The largest absolute Gasteiger partial charge is 0.465 e. The number of ketones is 1. The van der Waals surface area contributed by atoms with Crippen molar-refractivity contribution >= 4 is 11.8 Å². The molecule has 0 fully saturated rings. The average molecular weight is 276 g/mol. The van der Waals surface area contributed by atoms with Crippen molar-refractivity contribution < 1.29 is 14.3 Å². The van der Waals surface area contributed by atoms with Gasteiger partial charge in [0.15, 0.2) is 5.78 Å². The molecule has 0 aliphatic rings. The first-order valence-electron chi connectivity index (χ1n) is 7.32. The van der Waals surface area contributed by atoms with Crippen molar-refractivity contribution in [2.24, 2.45) is 11.8 Å². The highest BCUT2D eigenvalue weighted by Crippen LogP contribution is 2.17. The first-order valence-corrected chi connectivity index (χ1v) is 7.32. The molecule has 1 rings (SSSR count). The third kappa shape index (κ3) is 5.16. The highest BCUT2D eigenvalue weighted by Gasteiger charge is 2.28. The molecule has 0 N–H and O–H groups in total. The molecule has 0 bridgehead atoms. The number of carbonyl (C=O) groups excluding carboxylic acids is 2. The Morgan fingerprint density at radius 3 is 2.35 bits per heavy atom. The molecule has 1 atom stereocenters. The van der Waals surface area contributed by atoms with Gasteiger partial charge in [0.05, 0.1) is 6.61 Å². The number of Topliss-reactive ketones (excluding diaryl/α,β-unsaturated/α-hetero) is 1. The molecule has 1 unspecified atom stereocenters. The van der Waals surface area contributed by atoms with Crippen LogP contribution in [-0.4, -0.2) is 18.4 Å². The van der Waals surface area contributed by atoms with E-state index in [1.165, 1.54) is 0 Å². The number of benzene rings is 1. The van der Waals surface area contributed by atoms with Gasteiger partial charge in [-0.3, -0.25) is 9.59 Å². The summed E-state index contributed by atoms with van der Waals surface area (Å²) in [7, 11) is 0. The van der Waals surface area contributed by atoms with E-state index in [4.69, 9.17) is 4.74 Å². The monoisotopic (exact) mass is 276 g/mol. The summed E-state index contributed by atoms with van der Waals surface area (Å²) in [5, 5.41) is 0. The lowest BCUT2D eigenvalue weighted by atomic mass is 9.93. The number of esters is 1. The van der Waals surface area contributed by atoms with E-state index in [2.05, 4.69) is 0 Å². The van der Waals surface area contributed by atoms with Crippen molar-refractivity contribution in [1.29, 1.82) is 0 Å². The molecule has 0 spiro atoms. The second-order valence-electron chi connectivity index (χ2n) is 5.45. The topological polar surface area (TPSA) is 43.4 Å². The van der Waals surface area contributed by atoms with Gasteiger partial charge in [-0.1, -0.05) is 63.9 Å². The zero-order valence-electron chi connectivity index (χ0n) is 12.6. The Hall–Kier alpha value is -1.64. The van der Waals surface area contributed by atoms with Crippen molar-refractivity contribution in [1.82, 2.24) is 0 Å². The molecule has 1 aromatic rings. The van der Waals surface area contributed by atoms with Gasteiger partial charge in [-0.25, -0.2) is 0 Å². The van der Waals surface area contributed by atoms with E-state index in [0.717, 1.165) is 12.8 Å². The van der Waals surface area contributed by atoms with Gasteiger partial charge in [0.25, 0.3) is 0 Å². The maximum atomic E-state index is 12.4. The molecule has 0 radical (unpaired) electrons. The third-order valence-corrected chi connectivity index (χ3v) is 3.06. The normalized spacial score (nSPS) is 12.2. The van der Waals surface area contributed by atoms with Crippen LogP contribution in [0.3, 0.4) is 0 Å². The van der Waals surface area contributed by atoms with Gasteiger partial charge >= 0.3 is 5.97 Å². The van der Waals surface area contributed by atoms with Crippen molar-refractivity contribution in [3.63, 3.8) is 0 Å². The Labute approximate surface area is 121 Å². The lowest BCUT2D eigenvalue weighted by molar-refractivity contribution is -0.148. The first kappa shape index (κ1) is 16.4. The predicted octanol–water partition coefficient (Wildman–Crippen LogP) is 3.87.